The van der Waals surface area contributed by atoms with Gasteiger partial charge in [-0.05, 0) is 24.6 Å². The summed E-state index contributed by atoms with van der Waals surface area (Å²) in [6.45, 7) is 2.49. The number of nitrogens with two attached hydrogens (primary N) is 1. The van der Waals surface area contributed by atoms with Crippen LogP contribution in [0.25, 0.3) is 0 Å². The molecule has 6 nitrogen and oxygen atoms in total. The number of hydrogen-bond donors (Lipinski definition) is 3. The Balaban J connectivity index is 2.02. The molecule has 0 amide bonds. The van der Waals surface area contributed by atoms with Crippen molar-refractivity contribution >= 4 is 21.4 Å². The Hall–Kier alpha value is -1.48. The standard InChI is InChI=1S/C12H15N3O3S2/c1-8(14-6-10-7-19-12(16)15-10)9-2-4-11(5-3-9)20(13,17)18/h2-5,7-8,14H,6H2,1H3,(H,15,16)(H2,13,17,18). The quantitative estimate of drug-likeness (QED) is 0.763. The number of primary sulfonamides is 1. The summed E-state index contributed by atoms with van der Waals surface area (Å²) >= 11 is 1.12. The lowest BCUT2D eigenvalue weighted by atomic mass is 10.1. The molecule has 0 saturated carbocycles. The van der Waals surface area contributed by atoms with E-state index in [4.69, 9.17) is 5.14 Å². The van der Waals surface area contributed by atoms with Crippen LogP contribution < -0.4 is 15.3 Å². The molecule has 0 aliphatic carbocycles. The van der Waals surface area contributed by atoms with Crippen LogP contribution in [0.2, 0.25) is 0 Å². The lowest BCUT2D eigenvalue weighted by Crippen LogP contribution is -2.19. The van der Waals surface area contributed by atoms with Gasteiger partial charge in [-0.25, -0.2) is 13.6 Å². The number of nitrogens with one attached hydrogen (secondary N) is 2. The second-order valence-corrected chi connectivity index (χ2v) is 6.79. The molecule has 1 aromatic carbocycles. The van der Waals surface area contributed by atoms with E-state index in [-0.39, 0.29) is 15.8 Å². The van der Waals surface area contributed by atoms with Crippen molar-refractivity contribution in [2.75, 3.05) is 0 Å². The highest BCUT2D eigenvalue weighted by atomic mass is 32.2. The monoisotopic (exact) mass is 313 g/mol. The van der Waals surface area contributed by atoms with E-state index >= 15 is 0 Å². The number of thiazole rings is 1. The van der Waals surface area contributed by atoms with Crippen molar-refractivity contribution in [1.29, 1.82) is 0 Å². The highest BCUT2D eigenvalue weighted by Crippen LogP contribution is 2.15. The molecule has 0 bridgehead atoms. The molecule has 2 aromatic rings. The van der Waals surface area contributed by atoms with Gasteiger partial charge in [0.15, 0.2) is 0 Å². The Labute approximate surface area is 120 Å². The van der Waals surface area contributed by atoms with Gasteiger partial charge in [-0.3, -0.25) is 4.79 Å². The molecule has 0 spiro atoms. The molecule has 108 valence electrons. The van der Waals surface area contributed by atoms with Gasteiger partial charge in [0.05, 0.1) is 4.90 Å². The van der Waals surface area contributed by atoms with Crippen LogP contribution in [-0.4, -0.2) is 13.4 Å². The van der Waals surface area contributed by atoms with E-state index < -0.39 is 10.0 Å². The molecule has 0 saturated heterocycles. The number of sulfonamides is 1. The van der Waals surface area contributed by atoms with E-state index in [0.717, 1.165) is 22.6 Å². The maximum absolute atomic E-state index is 11.2. The Morgan fingerprint density at radius 2 is 2.00 bits per heavy atom. The molecule has 0 aliphatic rings. The average Bonchev–Trinajstić information content (AvgIpc) is 2.81. The Bertz CT molecular complexity index is 732. The molecule has 20 heavy (non-hydrogen) atoms. The zero-order valence-corrected chi connectivity index (χ0v) is 12.4. The van der Waals surface area contributed by atoms with E-state index in [0.29, 0.717) is 6.54 Å². The van der Waals surface area contributed by atoms with Crippen LogP contribution >= 0.6 is 11.3 Å². The van der Waals surface area contributed by atoms with E-state index in [2.05, 4.69) is 10.3 Å². The molecule has 1 aromatic heterocycles. The number of benzene rings is 1. The highest BCUT2D eigenvalue weighted by Gasteiger charge is 2.10. The molecular formula is C12H15N3O3S2. The van der Waals surface area contributed by atoms with Gasteiger partial charge < -0.3 is 10.3 Å². The first-order valence-electron chi connectivity index (χ1n) is 5.89. The smallest absolute Gasteiger partial charge is 0.304 e. The lowest BCUT2D eigenvalue weighted by molar-refractivity contribution is 0.568. The van der Waals surface area contributed by atoms with Gasteiger partial charge in [0, 0.05) is 23.7 Å². The summed E-state index contributed by atoms with van der Waals surface area (Å²) in [4.78, 5) is 13.7. The second kappa shape index (κ2) is 5.88. The van der Waals surface area contributed by atoms with Crippen molar-refractivity contribution < 1.29 is 8.42 Å². The first kappa shape index (κ1) is 14.9. The van der Waals surface area contributed by atoms with Crippen molar-refractivity contribution in [2.24, 2.45) is 5.14 Å². The fourth-order valence-electron chi connectivity index (χ4n) is 1.73. The van der Waals surface area contributed by atoms with Crippen LogP contribution in [0, 0.1) is 0 Å². The number of rotatable bonds is 5. The van der Waals surface area contributed by atoms with Gasteiger partial charge >= 0.3 is 4.87 Å². The van der Waals surface area contributed by atoms with Gasteiger partial charge in [0.25, 0.3) is 0 Å². The zero-order valence-electron chi connectivity index (χ0n) is 10.8. The molecule has 0 aliphatic heterocycles. The molecule has 0 fully saturated rings. The van der Waals surface area contributed by atoms with E-state index in [1.165, 1.54) is 12.1 Å². The molecule has 1 unspecified atom stereocenters. The fraction of sp³-hybridized carbons (Fsp3) is 0.250. The Morgan fingerprint density at radius 3 is 2.50 bits per heavy atom. The predicted molar refractivity (Wildman–Crippen MR) is 78.0 cm³/mol. The van der Waals surface area contributed by atoms with Crippen LogP contribution in [0.5, 0.6) is 0 Å². The minimum absolute atomic E-state index is 0.0212. The number of aromatic nitrogens is 1. The highest BCUT2D eigenvalue weighted by molar-refractivity contribution is 7.89. The average molecular weight is 313 g/mol. The normalized spacial score (nSPS) is 13.3. The minimum atomic E-state index is -3.66. The summed E-state index contributed by atoms with van der Waals surface area (Å²) in [5.41, 5.74) is 1.77. The van der Waals surface area contributed by atoms with Gasteiger partial charge in [0.2, 0.25) is 10.0 Å². The first-order valence-corrected chi connectivity index (χ1v) is 8.31. The predicted octanol–water partition coefficient (Wildman–Crippen LogP) is 0.935. The summed E-state index contributed by atoms with van der Waals surface area (Å²) in [6, 6.07) is 6.42. The van der Waals surface area contributed by atoms with Gasteiger partial charge in [0.1, 0.15) is 0 Å². The molecule has 1 atom stereocenters. The topological polar surface area (TPSA) is 105 Å². The maximum atomic E-state index is 11.2. The summed E-state index contributed by atoms with van der Waals surface area (Å²) in [5, 5.41) is 10.1. The molecule has 2 rings (SSSR count). The molecular weight excluding hydrogens is 298 g/mol. The Morgan fingerprint density at radius 1 is 1.35 bits per heavy atom. The van der Waals surface area contributed by atoms with Crippen LogP contribution in [0.3, 0.4) is 0 Å². The molecule has 1 heterocycles. The van der Waals surface area contributed by atoms with Crippen molar-refractivity contribution in [2.45, 2.75) is 24.4 Å². The largest absolute Gasteiger partial charge is 0.315 e. The maximum Gasteiger partial charge on any atom is 0.304 e. The Kier molecular flexibility index (Phi) is 4.39. The van der Waals surface area contributed by atoms with E-state index in [1.54, 1.807) is 17.5 Å². The minimum Gasteiger partial charge on any atom is -0.315 e. The van der Waals surface area contributed by atoms with Crippen molar-refractivity contribution in [3.05, 3.63) is 50.6 Å². The van der Waals surface area contributed by atoms with Gasteiger partial charge in [-0.1, -0.05) is 23.5 Å². The number of H-pyrrole nitrogens is 1. The molecule has 4 N–H and O–H groups in total. The third kappa shape index (κ3) is 3.76. The van der Waals surface area contributed by atoms with Gasteiger partial charge in [-0.15, -0.1) is 0 Å². The van der Waals surface area contributed by atoms with Gasteiger partial charge in [-0.2, -0.15) is 0 Å². The van der Waals surface area contributed by atoms with Crippen molar-refractivity contribution in [1.82, 2.24) is 10.3 Å². The van der Waals surface area contributed by atoms with Crippen LogP contribution in [-0.2, 0) is 16.6 Å². The number of aromatic amines is 1. The molecule has 8 heteroatoms. The molecule has 0 radical (unpaired) electrons. The van der Waals surface area contributed by atoms with Crippen LogP contribution in [0.15, 0.2) is 39.3 Å². The number of hydrogen-bond acceptors (Lipinski definition) is 5. The lowest BCUT2D eigenvalue weighted by Gasteiger charge is -2.13. The zero-order chi connectivity index (χ0) is 14.8. The van der Waals surface area contributed by atoms with E-state index in [1.807, 2.05) is 6.92 Å². The van der Waals surface area contributed by atoms with Crippen molar-refractivity contribution in [3.8, 4) is 0 Å². The summed E-state index contributed by atoms with van der Waals surface area (Å²) in [6.07, 6.45) is 0. The second-order valence-electron chi connectivity index (χ2n) is 4.39. The van der Waals surface area contributed by atoms with Crippen molar-refractivity contribution in [3.63, 3.8) is 0 Å². The third-order valence-corrected chi connectivity index (χ3v) is 4.53. The fourth-order valence-corrected chi connectivity index (χ4v) is 2.82. The van der Waals surface area contributed by atoms with E-state index in [9.17, 15) is 13.2 Å². The van der Waals surface area contributed by atoms with Crippen LogP contribution in [0.4, 0.5) is 0 Å². The summed E-state index contributed by atoms with van der Waals surface area (Å²) < 4.78 is 22.3. The van der Waals surface area contributed by atoms with Crippen LogP contribution in [0.1, 0.15) is 24.2 Å². The SMILES string of the molecule is CC(NCc1csc(=O)[nH]1)c1ccc(S(N)(=O)=O)cc1. The summed E-state index contributed by atoms with van der Waals surface area (Å²) in [7, 11) is -3.66. The first-order chi connectivity index (χ1) is 9.36. The third-order valence-electron chi connectivity index (χ3n) is 2.88. The summed E-state index contributed by atoms with van der Waals surface area (Å²) in [5.74, 6) is 0.